The predicted octanol–water partition coefficient (Wildman–Crippen LogP) is 5.85. The molecule has 0 saturated heterocycles. The fraction of sp³-hybridized carbons (Fsp3) is 0.238. The molecule has 0 aliphatic carbocycles. The molecule has 0 aliphatic heterocycles. The lowest BCUT2D eigenvalue weighted by Crippen LogP contribution is -2.33. The van der Waals surface area contributed by atoms with Gasteiger partial charge in [0, 0.05) is 16.3 Å². The average molecular weight is 518 g/mol. The van der Waals surface area contributed by atoms with Crippen LogP contribution in [-0.2, 0) is 10.0 Å². The van der Waals surface area contributed by atoms with Crippen molar-refractivity contribution in [3.63, 3.8) is 0 Å². The Kier molecular flexibility index (Phi) is 7.13. The third-order valence-corrected chi connectivity index (χ3v) is 6.39. The molecule has 182 valence electrons. The summed E-state index contributed by atoms with van der Waals surface area (Å²) in [6.45, 7) is 3.20. The fourth-order valence-electron chi connectivity index (χ4n) is 3.37. The van der Waals surface area contributed by atoms with Crippen LogP contribution in [0.5, 0.6) is 0 Å². The standard InChI is InChI=1S/C21H19ClF3N3O5S/c1-12-18(28(20(29)30)13(2)16-5-3-4-6-17(16)22)19(33-26-12)14-7-9-15(10-8-14)27-34(31,32)11-21(23,24)25/h3-10,13,27H,11H2,1-2H3,(H,29,30). The van der Waals surface area contributed by atoms with E-state index in [1.807, 2.05) is 4.72 Å². The van der Waals surface area contributed by atoms with E-state index in [1.165, 1.54) is 24.3 Å². The van der Waals surface area contributed by atoms with Crippen LogP contribution >= 0.6 is 11.6 Å². The zero-order valence-electron chi connectivity index (χ0n) is 17.8. The Balaban J connectivity index is 1.96. The molecule has 0 saturated carbocycles. The molecule has 0 aliphatic rings. The molecule has 8 nitrogen and oxygen atoms in total. The second-order valence-corrected chi connectivity index (χ2v) is 9.48. The van der Waals surface area contributed by atoms with Crippen molar-refractivity contribution in [3.8, 4) is 11.3 Å². The van der Waals surface area contributed by atoms with Gasteiger partial charge in [0.05, 0.1) is 6.04 Å². The van der Waals surface area contributed by atoms with Crippen molar-refractivity contribution < 1.29 is 36.0 Å². The molecule has 0 bridgehead atoms. The average Bonchev–Trinajstić information content (AvgIpc) is 3.07. The van der Waals surface area contributed by atoms with Crippen molar-refractivity contribution in [1.82, 2.24) is 5.16 Å². The summed E-state index contributed by atoms with van der Waals surface area (Å²) in [6.07, 6.45) is -6.19. The van der Waals surface area contributed by atoms with Crippen molar-refractivity contribution >= 4 is 39.1 Å². The topological polar surface area (TPSA) is 113 Å². The molecule has 1 heterocycles. The molecule has 0 radical (unpaired) electrons. The summed E-state index contributed by atoms with van der Waals surface area (Å²) < 4.78 is 67.9. The lowest BCUT2D eigenvalue weighted by molar-refractivity contribution is -0.106. The summed E-state index contributed by atoms with van der Waals surface area (Å²) in [4.78, 5) is 13.3. The Hall–Kier alpha value is -3.25. The van der Waals surface area contributed by atoms with Gasteiger partial charge in [0.15, 0.2) is 11.5 Å². The Morgan fingerprint density at radius 1 is 1.21 bits per heavy atom. The van der Waals surface area contributed by atoms with Gasteiger partial charge < -0.3 is 9.63 Å². The number of halogens is 4. The van der Waals surface area contributed by atoms with Gasteiger partial charge >= 0.3 is 12.3 Å². The summed E-state index contributed by atoms with van der Waals surface area (Å²) in [7, 11) is -4.65. The first-order valence-electron chi connectivity index (χ1n) is 9.69. The van der Waals surface area contributed by atoms with Crippen LogP contribution in [0.3, 0.4) is 0 Å². The number of carboxylic acid groups (broad SMARTS) is 1. The van der Waals surface area contributed by atoms with Crippen LogP contribution in [0.15, 0.2) is 53.1 Å². The number of alkyl halides is 3. The molecule has 2 N–H and O–H groups in total. The van der Waals surface area contributed by atoms with Gasteiger partial charge in [0.25, 0.3) is 0 Å². The number of rotatable bonds is 7. The van der Waals surface area contributed by atoms with E-state index < -0.39 is 34.1 Å². The van der Waals surface area contributed by atoms with E-state index in [2.05, 4.69) is 5.16 Å². The van der Waals surface area contributed by atoms with Crippen molar-refractivity contribution in [1.29, 1.82) is 0 Å². The third-order valence-electron chi connectivity index (χ3n) is 4.80. The van der Waals surface area contributed by atoms with Gasteiger partial charge in [0.1, 0.15) is 11.4 Å². The van der Waals surface area contributed by atoms with Gasteiger partial charge in [-0.15, -0.1) is 0 Å². The number of aryl methyl sites for hydroxylation is 1. The smallest absolute Gasteiger partial charge is 0.412 e. The van der Waals surface area contributed by atoms with Crippen LogP contribution in [0.4, 0.5) is 29.3 Å². The van der Waals surface area contributed by atoms with Gasteiger partial charge in [-0.3, -0.25) is 9.62 Å². The molecule has 3 rings (SSSR count). The van der Waals surface area contributed by atoms with Crippen LogP contribution in [0.1, 0.15) is 24.2 Å². The van der Waals surface area contributed by atoms with Gasteiger partial charge in [-0.05, 0) is 49.7 Å². The molecule has 1 aromatic heterocycles. The van der Waals surface area contributed by atoms with Crippen molar-refractivity contribution in [2.75, 3.05) is 15.4 Å². The number of nitrogens with one attached hydrogen (secondary N) is 1. The largest absolute Gasteiger partial charge is 0.465 e. The van der Waals surface area contributed by atoms with Gasteiger partial charge in [-0.25, -0.2) is 13.2 Å². The van der Waals surface area contributed by atoms with E-state index in [1.54, 1.807) is 38.1 Å². The number of hydrogen-bond acceptors (Lipinski definition) is 5. The minimum Gasteiger partial charge on any atom is -0.465 e. The molecular formula is C21H19ClF3N3O5S. The van der Waals surface area contributed by atoms with Gasteiger partial charge in [-0.1, -0.05) is 35.0 Å². The summed E-state index contributed by atoms with van der Waals surface area (Å²) in [6, 6.07) is 11.2. The number of sulfonamides is 1. The number of nitrogens with zero attached hydrogens (tertiary/aromatic N) is 2. The van der Waals surface area contributed by atoms with Crippen LogP contribution in [0.25, 0.3) is 11.3 Å². The van der Waals surface area contributed by atoms with Crippen LogP contribution in [-0.4, -0.2) is 36.7 Å². The van der Waals surface area contributed by atoms with E-state index in [4.69, 9.17) is 16.1 Å². The molecular weight excluding hydrogens is 499 g/mol. The first-order chi connectivity index (χ1) is 15.8. The van der Waals surface area contributed by atoms with E-state index >= 15 is 0 Å². The van der Waals surface area contributed by atoms with Crippen LogP contribution in [0, 0.1) is 6.92 Å². The summed E-state index contributed by atoms with van der Waals surface area (Å²) in [5.41, 5.74) is 1.18. The highest BCUT2D eigenvalue weighted by molar-refractivity contribution is 7.92. The zero-order valence-corrected chi connectivity index (χ0v) is 19.4. The minimum atomic E-state index is -4.89. The van der Waals surface area contributed by atoms with Gasteiger partial charge in [0.2, 0.25) is 10.0 Å². The highest BCUT2D eigenvalue weighted by Crippen LogP contribution is 2.40. The molecule has 3 aromatic rings. The maximum absolute atomic E-state index is 12.4. The van der Waals surface area contributed by atoms with E-state index in [0.717, 1.165) is 4.90 Å². The van der Waals surface area contributed by atoms with Crippen molar-refractivity contribution in [2.45, 2.75) is 26.1 Å². The highest BCUT2D eigenvalue weighted by Gasteiger charge is 2.35. The maximum Gasteiger partial charge on any atom is 0.412 e. The number of aromatic nitrogens is 1. The summed E-state index contributed by atoms with van der Waals surface area (Å²) >= 11 is 6.25. The summed E-state index contributed by atoms with van der Waals surface area (Å²) in [5, 5.41) is 14.2. The number of hydrogen-bond donors (Lipinski definition) is 2. The monoisotopic (exact) mass is 517 g/mol. The number of anilines is 2. The SMILES string of the molecule is Cc1noc(-c2ccc(NS(=O)(=O)CC(F)(F)F)cc2)c1N(C(=O)O)C(C)c1ccccc1Cl. The van der Waals surface area contributed by atoms with Crippen LogP contribution in [0.2, 0.25) is 5.02 Å². The third kappa shape index (κ3) is 5.81. The fourth-order valence-corrected chi connectivity index (χ4v) is 4.66. The molecule has 1 unspecified atom stereocenters. The Bertz CT molecular complexity index is 1290. The van der Waals surface area contributed by atoms with Crippen LogP contribution < -0.4 is 9.62 Å². The molecule has 13 heteroatoms. The quantitative estimate of drug-likeness (QED) is 0.406. The molecule has 34 heavy (non-hydrogen) atoms. The van der Waals surface area contributed by atoms with Gasteiger partial charge in [-0.2, -0.15) is 13.2 Å². The Morgan fingerprint density at radius 3 is 2.38 bits per heavy atom. The predicted molar refractivity (Wildman–Crippen MR) is 121 cm³/mol. The Morgan fingerprint density at radius 2 is 1.82 bits per heavy atom. The van der Waals surface area contributed by atoms with E-state index in [-0.39, 0.29) is 22.8 Å². The molecule has 1 amide bonds. The number of carbonyl (C=O) groups is 1. The second kappa shape index (κ2) is 9.55. The number of amides is 1. The second-order valence-electron chi connectivity index (χ2n) is 7.35. The van der Waals surface area contributed by atoms with E-state index in [0.29, 0.717) is 16.1 Å². The first kappa shape index (κ1) is 25.4. The lowest BCUT2D eigenvalue weighted by atomic mass is 10.0. The normalized spacial score (nSPS) is 12.9. The van der Waals surface area contributed by atoms with Crippen molar-refractivity contribution in [3.05, 3.63) is 64.8 Å². The molecule has 2 aromatic carbocycles. The zero-order chi connectivity index (χ0) is 25.3. The Labute approximate surface area is 198 Å². The lowest BCUT2D eigenvalue weighted by Gasteiger charge is -2.27. The van der Waals surface area contributed by atoms with Crippen molar-refractivity contribution in [2.24, 2.45) is 0 Å². The first-order valence-corrected chi connectivity index (χ1v) is 11.7. The highest BCUT2D eigenvalue weighted by atomic mass is 35.5. The number of benzene rings is 2. The summed E-state index contributed by atoms with van der Waals surface area (Å²) in [5.74, 6) is -1.95. The molecule has 0 spiro atoms. The maximum atomic E-state index is 12.4. The molecule has 0 fully saturated rings. The molecule has 1 atom stereocenters. The van der Waals surface area contributed by atoms with E-state index in [9.17, 15) is 31.5 Å². The minimum absolute atomic E-state index is 0.0727.